The number of anilines is 2. The first kappa shape index (κ1) is 28.0. The number of rotatable bonds is 5. The number of hydrogen-bond donors (Lipinski definition) is 4. The molecule has 0 unspecified atom stereocenters. The summed E-state index contributed by atoms with van der Waals surface area (Å²) in [5, 5.41) is 0. The largest absolute Gasteiger partial charge is 0.396 e. The Labute approximate surface area is 212 Å². The summed E-state index contributed by atoms with van der Waals surface area (Å²) in [6.45, 7) is 1.66. The number of quaternary nitrogens is 1. The number of benzene rings is 2. The van der Waals surface area contributed by atoms with Crippen LogP contribution >= 0.6 is 15.9 Å². The van der Waals surface area contributed by atoms with E-state index in [1.165, 1.54) is 23.1 Å². The molecular weight excluding hydrogens is 518 g/mol. The van der Waals surface area contributed by atoms with Crippen LogP contribution in [-0.4, -0.2) is 52.6 Å². The lowest BCUT2D eigenvalue weighted by molar-refractivity contribution is -0.873. The van der Waals surface area contributed by atoms with Gasteiger partial charge in [0, 0.05) is 41.0 Å². The third-order valence-corrected chi connectivity index (χ3v) is 4.97. The number of imidazole rings is 2. The molecule has 35 heavy (non-hydrogen) atoms. The van der Waals surface area contributed by atoms with Crippen molar-refractivity contribution in [3.8, 4) is 5.69 Å². The number of nitrogens with zero attached hydrogens (tertiary/aromatic N) is 4. The van der Waals surface area contributed by atoms with Gasteiger partial charge in [0.2, 0.25) is 0 Å². The minimum atomic E-state index is -0.410. The van der Waals surface area contributed by atoms with Crippen molar-refractivity contribution in [2.24, 2.45) is 0 Å². The summed E-state index contributed by atoms with van der Waals surface area (Å²) >= 11 is 3.10. The van der Waals surface area contributed by atoms with Crippen LogP contribution in [0.1, 0.15) is 11.6 Å². The van der Waals surface area contributed by atoms with Gasteiger partial charge in [-0.2, -0.15) is 0 Å². The topological polar surface area (TPSA) is 106 Å². The Hall–Kier alpha value is -3.28. The number of halogens is 3. The van der Waals surface area contributed by atoms with Gasteiger partial charge in [-0.3, -0.25) is 0 Å². The van der Waals surface area contributed by atoms with Crippen LogP contribution < -0.4 is 16.4 Å². The van der Waals surface area contributed by atoms with Gasteiger partial charge in [-0.05, 0) is 44.4 Å². The molecular formula is C24H32BrF2N8+. The molecule has 0 amide bonds. The fourth-order valence-corrected chi connectivity index (χ4v) is 3.20. The van der Waals surface area contributed by atoms with Gasteiger partial charge in [0.1, 0.15) is 24.0 Å². The third kappa shape index (κ3) is 9.47. The zero-order valence-corrected chi connectivity index (χ0v) is 21.9. The number of nitrogen functional groups attached to an aromatic ring is 2. The van der Waals surface area contributed by atoms with Gasteiger partial charge in [0.05, 0.1) is 32.0 Å². The number of nitrogens with one attached hydrogen (secondary N) is 2. The van der Waals surface area contributed by atoms with E-state index < -0.39 is 5.82 Å². The Balaban J connectivity index is 0.000000203. The Morgan fingerprint density at radius 3 is 2.17 bits per heavy atom. The molecule has 0 bridgehead atoms. The number of H-pyrrole nitrogens is 1. The van der Waals surface area contributed by atoms with Gasteiger partial charge in [-0.1, -0.05) is 15.9 Å². The lowest BCUT2D eigenvalue weighted by Crippen LogP contribution is -3.04. The second-order valence-electron chi connectivity index (χ2n) is 8.24. The lowest BCUT2D eigenvalue weighted by Gasteiger charge is -2.12. The van der Waals surface area contributed by atoms with Gasteiger partial charge >= 0.3 is 0 Å². The van der Waals surface area contributed by atoms with E-state index in [0.29, 0.717) is 11.0 Å². The van der Waals surface area contributed by atoms with E-state index in [4.69, 9.17) is 11.5 Å². The molecule has 0 aliphatic carbocycles. The molecule has 0 spiro atoms. The average molecular weight is 550 g/mol. The molecule has 2 aromatic carbocycles. The van der Waals surface area contributed by atoms with Crippen LogP contribution in [0.25, 0.3) is 5.69 Å². The maximum absolute atomic E-state index is 13.4. The maximum Gasteiger partial charge on any atom is 0.161 e. The van der Waals surface area contributed by atoms with E-state index in [-0.39, 0.29) is 17.2 Å². The van der Waals surface area contributed by atoms with Crippen molar-refractivity contribution in [2.75, 3.05) is 39.7 Å². The molecule has 0 saturated heterocycles. The average Bonchev–Trinajstić information content (AvgIpc) is 3.45. The summed E-state index contributed by atoms with van der Waals surface area (Å²) in [6, 6.07) is 9.28. The third-order valence-electron chi connectivity index (χ3n) is 4.48. The van der Waals surface area contributed by atoms with Crippen molar-refractivity contribution >= 4 is 27.3 Å². The Kier molecular flexibility index (Phi) is 10.8. The molecule has 0 aliphatic heterocycles. The summed E-state index contributed by atoms with van der Waals surface area (Å²) in [6.07, 6.45) is 7.13. The van der Waals surface area contributed by atoms with Crippen molar-refractivity contribution in [1.29, 1.82) is 0 Å². The summed E-state index contributed by atoms with van der Waals surface area (Å²) < 4.78 is 28.4. The zero-order chi connectivity index (χ0) is 26.0. The number of hydrogen-bond acceptors (Lipinski definition) is 5. The van der Waals surface area contributed by atoms with Crippen LogP contribution in [-0.2, 0) is 13.1 Å². The van der Waals surface area contributed by atoms with E-state index in [2.05, 4.69) is 45.0 Å². The van der Waals surface area contributed by atoms with Crippen LogP contribution in [0.3, 0.4) is 0 Å². The summed E-state index contributed by atoms with van der Waals surface area (Å²) in [5.41, 5.74) is 11.7. The highest BCUT2D eigenvalue weighted by Crippen LogP contribution is 2.17. The first-order valence-corrected chi connectivity index (χ1v) is 11.6. The zero-order valence-electron chi connectivity index (χ0n) is 20.3. The fourth-order valence-electron chi connectivity index (χ4n) is 2.87. The van der Waals surface area contributed by atoms with Crippen LogP contribution in [0.5, 0.6) is 0 Å². The Morgan fingerprint density at radius 2 is 1.66 bits per heavy atom. The smallest absolute Gasteiger partial charge is 0.161 e. The lowest BCUT2D eigenvalue weighted by atomic mass is 10.2. The molecule has 6 N–H and O–H groups in total. The van der Waals surface area contributed by atoms with Crippen LogP contribution in [0.4, 0.5) is 20.2 Å². The second kappa shape index (κ2) is 13.6. The minimum absolute atomic E-state index is 0.156. The number of nitrogens with two attached hydrogens (primary N) is 2. The molecule has 0 saturated carbocycles. The molecule has 4 aromatic rings. The summed E-state index contributed by atoms with van der Waals surface area (Å²) in [7, 11) is 8.12. The number of aromatic amines is 1. The highest BCUT2D eigenvalue weighted by molar-refractivity contribution is 9.10. The molecule has 4 rings (SSSR count). The number of aromatic nitrogens is 4. The molecule has 2 aromatic heterocycles. The van der Waals surface area contributed by atoms with Crippen molar-refractivity contribution in [1.82, 2.24) is 24.4 Å². The molecule has 0 radical (unpaired) electrons. The molecule has 0 fully saturated rings. The van der Waals surface area contributed by atoms with E-state index in [0.717, 1.165) is 23.9 Å². The first-order chi connectivity index (χ1) is 16.6. The van der Waals surface area contributed by atoms with Gasteiger partial charge in [0.15, 0.2) is 5.82 Å². The predicted molar refractivity (Wildman–Crippen MR) is 139 cm³/mol. The maximum atomic E-state index is 13.4. The standard InChI is InChI=1S/C12H15FN4.C6H5BrFN.C6H11N3/c1-16(2)8-12-15-5-6-17(12)9-3-4-11(14)10(13)7-9;7-4-1-2-6(9)5(8)3-4;1-9(2)5-6-7-3-4-8-6/h3-7H,8,14H2,1-2H3;1-3H,9H2;3-4H,5H2,1-2H3,(H,7,8)/p+1. The molecule has 0 aliphatic rings. The van der Waals surface area contributed by atoms with E-state index in [1.54, 1.807) is 30.6 Å². The Bertz CT molecular complexity index is 1180. The van der Waals surface area contributed by atoms with Crippen molar-refractivity contribution in [3.63, 3.8) is 0 Å². The van der Waals surface area contributed by atoms with Crippen molar-refractivity contribution in [3.05, 3.63) is 88.9 Å². The first-order valence-electron chi connectivity index (χ1n) is 10.8. The van der Waals surface area contributed by atoms with E-state index >= 15 is 0 Å². The van der Waals surface area contributed by atoms with Crippen LogP contribution in [0, 0.1) is 11.6 Å². The van der Waals surface area contributed by atoms with E-state index in [1.807, 2.05) is 36.0 Å². The molecule has 2 heterocycles. The van der Waals surface area contributed by atoms with Gasteiger partial charge < -0.3 is 30.8 Å². The van der Waals surface area contributed by atoms with Crippen molar-refractivity contribution in [2.45, 2.75) is 13.1 Å². The Morgan fingerprint density at radius 1 is 1.00 bits per heavy atom. The van der Waals surface area contributed by atoms with Crippen LogP contribution in [0.2, 0.25) is 0 Å². The highest BCUT2D eigenvalue weighted by atomic mass is 79.9. The normalized spacial score (nSPS) is 10.5. The predicted octanol–water partition coefficient (Wildman–Crippen LogP) is 2.88. The van der Waals surface area contributed by atoms with Gasteiger partial charge in [0.25, 0.3) is 0 Å². The van der Waals surface area contributed by atoms with Gasteiger partial charge in [-0.15, -0.1) is 0 Å². The highest BCUT2D eigenvalue weighted by Gasteiger charge is 2.08. The van der Waals surface area contributed by atoms with E-state index in [9.17, 15) is 8.78 Å². The summed E-state index contributed by atoms with van der Waals surface area (Å²) in [4.78, 5) is 14.8. The summed E-state index contributed by atoms with van der Waals surface area (Å²) in [5.74, 6) is 1.12. The molecule has 8 nitrogen and oxygen atoms in total. The molecule has 188 valence electrons. The van der Waals surface area contributed by atoms with Crippen molar-refractivity contribution < 1.29 is 13.7 Å². The fraction of sp³-hybridized carbons (Fsp3) is 0.250. The molecule has 11 heteroatoms. The second-order valence-corrected chi connectivity index (χ2v) is 9.16. The quantitative estimate of drug-likeness (QED) is 0.286. The minimum Gasteiger partial charge on any atom is -0.396 e. The molecule has 0 atom stereocenters. The van der Waals surface area contributed by atoms with Crippen LogP contribution in [0.15, 0.2) is 65.7 Å². The van der Waals surface area contributed by atoms with Gasteiger partial charge in [-0.25, -0.2) is 18.7 Å². The monoisotopic (exact) mass is 549 g/mol. The SMILES string of the molecule is CN(C)Cc1nccn1-c1ccc(N)c(F)c1.C[NH+](C)Cc1ncc[nH]1.Nc1ccc(Br)cc1F.